The van der Waals surface area contributed by atoms with Crippen molar-refractivity contribution >= 4 is 46.4 Å². The number of Topliss-reactive ketones (excluding diaryl/α,β-unsaturated/α-hetero) is 1. The van der Waals surface area contributed by atoms with Crippen molar-refractivity contribution in [1.82, 2.24) is 30.5 Å². The van der Waals surface area contributed by atoms with Gasteiger partial charge in [0.2, 0.25) is 17.6 Å². The zero-order chi connectivity index (χ0) is 35.6. The van der Waals surface area contributed by atoms with Gasteiger partial charge in [0.1, 0.15) is 12.1 Å². The highest BCUT2D eigenvalue weighted by molar-refractivity contribution is 7.84. The van der Waals surface area contributed by atoms with E-state index in [0.29, 0.717) is 29.7 Å². The molecule has 14 heteroatoms. The van der Waals surface area contributed by atoms with Gasteiger partial charge in [-0.05, 0) is 48.1 Å². The van der Waals surface area contributed by atoms with Gasteiger partial charge in [-0.3, -0.25) is 28.3 Å². The Labute approximate surface area is 285 Å². The first-order valence-corrected chi connectivity index (χ1v) is 17.8. The van der Waals surface area contributed by atoms with Gasteiger partial charge in [-0.15, -0.1) is 0 Å². The van der Waals surface area contributed by atoms with Crippen LogP contribution in [0.1, 0.15) is 90.4 Å². The average Bonchev–Trinajstić information content (AvgIpc) is 3.58. The van der Waals surface area contributed by atoms with E-state index in [4.69, 9.17) is 0 Å². The van der Waals surface area contributed by atoms with Crippen molar-refractivity contribution in [2.45, 2.75) is 109 Å². The Morgan fingerprint density at radius 3 is 2.15 bits per heavy atom. The number of amides is 6. The molecule has 2 unspecified atom stereocenters. The lowest BCUT2D eigenvalue weighted by atomic mass is 9.80. The number of hydrogen-bond donors (Lipinski definition) is 4. The van der Waals surface area contributed by atoms with Gasteiger partial charge in [0.25, 0.3) is 11.8 Å². The zero-order valence-electron chi connectivity index (χ0n) is 29.0. The van der Waals surface area contributed by atoms with Gasteiger partial charge in [0.15, 0.2) is 11.0 Å². The molecule has 48 heavy (non-hydrogen) atoms. The van der Waals surface area contributed by atoms with Crippen molar-refractivity contribution in [2.24, 2.45) is 16.7 Å². The van der Waals surface area contributed by atoms with E-state index in [1.165, 1.54) is 16.3 Å². The van der Waals surface area contributed by atoms with Crippen LogP contribution in [0.3, 0.4) is 0 Å². The number of hydrogen-bond acceptors (Lipinski definition) is 7. The fourth-order valence-electron chi connectivity index (χ4n) is 6.27. The van der Waals surface area contributed by atoms with Crippen LogP contribution in [0.2, 0.25) is 0 Å². The van der Waals surface area contributed by atoms with Crippen LogP contribution >= 0.6 is 0 Å². The summed E-state index contributed by atoms with van der Waals surface area (Å²) >= 11 is 0. The summed E-state index contributed by atoms with van der Waals surface area (Å²) in [7, 11) is -0.354. The van der Waals surface area contributed by atoms with Gasteiger partial charge in [0.05, 0.1) is 29.1 Å². The van der Waals surface area contributed by atoms with Gasteiger partial charge >= 0.3 is 6.03 Å². The van der Waals surface area contributed by atoms with Crippen LogP contribution in [-0.4, -0.2) is 93.2 Å². The van der Waals surface area contributed by atoms with Crippen LogP contribution in [0, 0.1) is 16.7 Å². The Bertz CT molecular complexity index is 1430. The van der Waals surface area contributed by atoms with Crippen molar-refractivity contribution in [3.8, 4) is 0 Å². The maximum atomic E-state index is 14.1. The molecule has 2 fully saturated rings. The Balaban J connectivity index is 1.46. The minimum absolute atomic E-state index is 0.0175. The van der Waals surface area contributed by atoms with Crippen molar-refractivity contribution in [3.05, 3.63) is 29.8 Å². The van der Waals surface area contributed by atoms with Crippen LogP contribution in [0.4, 0.5) is 4.79 Å². The summed E-state index contributed by atoms with van der Waals surface area (Å²) in [6.45, 7) is 11.4. The second kappa shape index (κ2) is 14.8. The first-order valence-electron chi connectivity index (χ1n) is 16.7. The second-order valence-corrected chi connectivity index (χ2v) is 16.6. The topological polar surface area (TPSA) is 174 Å². The summed E-state index contributed by atoms with van der Waals surface area (Å²) < 4.78 is 14.4. The van der Waals surface area contributed by atoms with Crippen LogP contribution in [0.15, 0.2) is 29.2 Å². The van der Waals surface area contributed by atoms with E-state index in [2.05, 4.69) is 21.3 Å². The molecular formula is C34H50N6O7S. The molecule has 1 aromatic carbocycles. The predicted octanol–water partition coefficient (Wildman–Crippen LogP) is 2.27. The zero-order valence-corrected chi connectivity index (χ0v) is 29.8. The number of nitrogens with zero attached hydrogens (tertiary/aromatic N) is 2. The summed E-state index contributed by atoms with van der Waals surface area (Å²) in [5.41, 5.74) is -0.952. The van der Waals surface area contributed by atoms with E-state index in [-0.39, 0.29) is 24.9 Å². The molecule has 4 N–H and O–H groups in total. The van der Waals surface area contributed by atoms with Crippen LogP contribution in [0.25, 0.3) is 0 Å². The summed E-state index contributed by atoms with van der Waals surface area (Å²) in [6.07, 6.45) is 4.19. The minimum atomic E-state index is -1.72. The van der Waals surface area contributed by atoms with E-state index in [9.17, 15) is 33.0 Å². The van der Waals surface area contributed by atoms with Gasteiger partial charge in [-0.25, -0.2) is 9.00 Å². The highest BCUT2D eigenvalue weighted by Gasteiger charge is 2.44. The molecule has 2 aliphatic heterocycles. The average molecular weight is 687 g/mol. The molecule has 3 aliphatic rings. The maximum Gasteiger partial charge on any atom is 0.315 e. The quantitative estimate of drug-likeness (QED) is 0.259. The van der Waals surface area contributed by atoms with Gasteiger partial charge < -0.3 is 26.2 Å². The number of likely N-dealkylation sites (tertiary alicyclic amines) is 1. The standard InChI is InChI=1S/C34H50N6O7S/c1-33(2,3)25(19-40-30(44)21-14-8-9-16-24(21)48(40)47)37-32(46)38-27(34(4,5)6)31(45)39-17-11-15-23(39)28(42)36-22(18-20-12-10-13-20)26(41)29(43)35-7/h8-9,14,16,20,22-23,25,27H,10-13,15,17-19H2,1-7H3,(H,35,43)(H,36,42)(H2,37,38,46)/t22?,23-,25+,27+,48?/m0/s1. The molecular weight excluding hydrogens is 636 g/mol. The SMILES string of the molecule is CNC(=O)C(=O)C(CC1CCC1)NC(=O)[C@@H]1CCCN1C(=O)[C@@H](NC(=O)N[C@H](CN1C(=O)c2ccccc2S1=O)C(C)(C)C)C(C)(C)C. The summed E-state index contributed by atoms with van der Waals surface area (Å²) in [4.78, 5) is 81.2. The molecule has 1 aromatic rings. The van der Waals surface area contributed by atoms with Gasteiger partial charge in [-0.1, -0.05) is 72.9 Å². The monoisotopic (exact) mass is 686 g/mol. The number of carbonyl (C=O) groups excluding carboxylic acids is 6. The molecule has 1 saturated carbocycles. The first kappa shape index (κ1) is 37.0. The molecule has 0 aromatic heterocycles. The number of rotatable bonds is 11. The number of ketones is 1. The third-order valence-corrected chi connectivity index (χ3v) is 11.0. The number of likely N-dealkylation sites (N-methyl/N-ethyl adjacent to an activating group) is 1. The van der Waals surface area contributed by atoms with Crippen molar-refractivity contribution in [1.29, 1.82) is 0 Å². The van der Waals surface area contributed by atoms with E-state index >= 15 is 0 Å². The first-order chi connectivity index (χ1) is 22.4. The normalized spacial score (nSPS) is 21.4. The largest absolute Gasteiger partial charge is 0.353 e. The van der Waals surface area contributed by atoms with Gasteiger partial charge in [-0.2, -0.15) is 0 Å². The van der Waals surface area contributed by atoms with Crippen LogP contribution < -0.4 is 21.3 Å². The smallest absolute Gasteiger partial charge is 0.315 e. The number of carbonyl (C=O) groups is 6. The van der Waals surface area contributed by atoms with Crippen molar-refractivity contribution in [2.75, 3.05) is 20.1 Å². The van der Waals surface area contributed by atoms with E-state index < -0.39 is 75.5 Å². The minimum Gasteiger partial charge on any atom is -0.353 e. The maximum absolute atomic E-state index is 14.1. The Morgan fingerprint density at radius 2 is 1.58 bits per heavy atom. The molecule has 1 aliphatic carbocycles. The summed E-state index contributed by atoms with van der Waals surface area (Å²) in [5, 5.41) is 10.8. The van der Waals surface area contributed by atoms with Gasteiger partial charge in [0, 0.05) is 13.6 Å². The van der Waals surface area contributed by atoms with Crippen LogP contribution in [-0.2, 0) is 30.2 Å². The number of urea groups is 1. The highest BCUT2D eigenvalue weighted by Crippen LogP contribution is 2.32. The van der Waals surface area contributed by atoms with E-state index in [1.54, 1.807) is 24.3 Å². The predicted molar refractivity (Wildman–Crippen MR) is 180 cm³/mol. The lowest BCUT2D eigenvalue weighted by Gasteiger charge is -2.37. The molecule has 0 spiro atoms. The lowest BCUT2D eigenvalue weighted by molar-refractivity contribution is -0.144. The van der Waals surface area contributed by atoms with Crippen LogP contribution in [0.5, 0.6) is 0 Å². The van der Waals surface area contributed by atoms with Crippen molar-refractivity contribution in [3.63, 3.8) is 0 Å². The molecule has 1 saturated heterocycles. The fraction of sp³-hybridized carbons (Fsp3) is 0.647. The number of nitrogens with one attached hydrogen (secondary N) is 4. The lowest BCUT2D eigenvalue weighted by Crippen LogP contribution is -2.62. The molecule has 4 rings (SSSR count). The summed E-state index contributed by atoms with van der Waals surface area (Å²) in [6, 6.07) is 2.54. The molecule has 2 heterocycles. The molecule has 6 amide bonds. The molecule has 264 valence electrons. The third-order valence-electron chi connectivity index (χ3n) is 9.54. The number of fused-ring (bicyclic) bond motifs is 1. The van der Waals surface area contributed by atoms with E-state index in [0.717, 1.165) is 19.3 Å². The Hall–Kier alpha value is -3.81. The molecule has 0 bridgehead atoms. The Morgan fingerprint density at radius 1 is 0.917 bits per heavy atom. The molecule has 0 radical (unpaired) electrons. The highest BCUT2D eigenvalue weighted by atomic mass is 32.2. The fourth-order valence-corrected chi connectivity index (χ4v) is 7.58. The van der Waals surface area contributed by atoms with Crippen molar-refractivity contribution < 1.29 is 33.0 Å². The Kier molecular flexibility index (Phi) is 11.4. The second-order valence-electron chi connectivity index (χ2n) is 15.2. The number of benzene rings is 1. The van der Waals surface area contributed by atoms with E-state index in [1.807, 2.05) is 41.5 Å². The third kappa shape index (κ3) is 8.24. The summed E-state index contributed by atoms with van der Waals surface area (Å²) in [5.74, 6) is -2.57. The molecule has 13 nitrogen and oxygen atoms in total. The molecule has 5 atom stereocenters.